The van der Waals surface area contributed by atoms with Gasteiger partial charge in [0, 0.05) is 50.0 Å². The molecule has 0 aliphatic carbocycles. The number of aromatic carboxylic acids is 2. The van der Waals surface area contributed by atoms with E-state index in [1.807, 2.05) is 72.8 Å². The van der Waals surface area contributed by atoms with Gasteiger partial charge in [0.15, 0.2) is 5.78 Å². The first kappa shape index (κ1) is 38.7. The van der Waals surface area contributed by atoms with Crippen molar-refractivity contribution in [3.05, 3.63) is 169 Å². The number of benzene rings is 6. The summed E-state index contributed by atoms with van der Waals surface area (Å²) in [4.78, 5) is 41.2. The number of carbonyl (C=O) groups excluding carboxylic acids is 1. The van der Waals surface area contributed by atoms with Gasteiger partial charge in [-0.25, -0.2) is 9.59 Å². The monoisotopic (exact) mass is 889 g/mol. The standard InChI is InChI=1S/2C20H12NO2.C5H8O2.Ir/c2*22-20(23)14-9-10-21-19(12-14)18-11-13-5-1-2-6-15(13)16-7-3-4-8-17(16)18;1-4(6)3-5(2)7;/h2*1-10,12H,(H,22,23);3,6H,1-2H3;/q2*-1;;/b;;4-3-;. The molecule has 2 heterocycles. The van der Waals surface area contributed by atoms with Crippen molar-refractivity contribution in [2.24, 2.45) is 0 Å². The Bertz CT molecular complexity index is 2530. The van der Waals surface area contributed by atoms with E-state index in [-0.39, 0.29) is 42.8 Å². The van der Waals surface area contributed by atoms with Crippen LogP contribution in [-0.4, -0.2) is 43.0 Å². The molecule has 0 saturated heterocycles. The van der Waals surface area contributed by atoms with E-state index in [1.54, 1.807) is 12.1 Å². The first-order valence-corrected chi connectivity index (χ1v) is 16.5. The maximum atomic E-state index is 11.2. The summed E-state index contributed by atoms with van der Waals surface area (Å²) in [5.41, 5.74) is 3.32. The number of allylic oxidation sites excluding steroid dienone is 2. The molecule has 0 amide bonds. The van der Waals surface area contributed by atoms with Crippen molar-refractivity contribution in [1.29, 1.82) is 0 Å². The maximum Gasteiger partial charge on any atom is 0.335 e. The molecule has 6 aromatic carbocycles. The van der Waals surface area contributed by atoms with Crippen LogP contribution in [0.2, 0.25) is 0 Å². The van der Waals surface area contributed by atoms with Gasteiger partial charge in [-0.2, -0.15) is 0 Å². The van der Waals surface area contributed by atoms with E-state index in [0.29, 0.717) is 11.4 Å². The number of carboxylic acid groups (broad SMARTS) is 2. The first-order chi connectivity index (χ1) is 25.6. The van der Waals surface area contributed by atoms with E-state index >= 15 is 0 Å². The van der Waals surface area contributed by atoms with Crippen LogP contribution in [-0.2, 0) is 24.9 Å². The first-order valence-electron chi connectivity index (χ1n) is 16.5. The Morgan fingerprint density at radius 1 is 0.519 bits per heavy atom. The molecular formula is C45H32IrN2O6-2. The minimum Gasteiger partial charge on any atom is -0.512 e. The quantitative estimate of drug-likeness (QED) is 0.0672. The van der Waals surface area contributed by atoms with E-state index in [9.17, 15) is 24.6 Å². The summed E-state index contributed by atoms with van der Waals surface area (Å²) in [6.45, 7) is 2.85. The molecule has 0 spiro atoms. The molecule has 9 heteroatoms. The maximum absolute atomic E-state index is 11.2. The number of fused-ring (bicyclic) bond motifs is 6. The number of rotatable bonds is 5. The van der Waals surface area contributed by atoms with Gasteiger partial charge < -0.3 is 15.3 Å². The van der Waals surface area contributed by atoms with Crippen LogP contribution in [0.3, 0.4) is 0 Å². The zero-order valence-electron chi connectivity index (χ0n) is 29.1. The fourth-order valence-corrected chi connectivity index (χ4v) is 6.03. The van der Waals surface area contributed by atoms with Crippen LogP contribution in [0.25, 0.3) is 65.6 Å². The third-order valence-corrected chi connectivity index (χ3v) is 8.28. The van der Waals surface area contributed by atoms with Crippen molar-refractivity contribution in [3.63, 3.8) is 0 Å². The molecule has 0 saturated carbocycles. The fourth-order valence-electron chi connectivity index (χ4n) is 6.03. The third kappa shape index (κ3) is 8.73. The van der Waals surface area contributed by atoms with Crippen molar-refractivity contribution in [3.8, 4) is 22.5 Å². The van der Waals surface area contributed by atoms with Crippen molar-refractivity contribution < 1.29 is 49.8 Å². The van der Waals surface area contributed by atoms with Crippen LogP contribution in [0.4, 0.5) is 0 Å². The second-order valence-corrected chi connectivity index (χ2v) is 12.0. The van der Waals surface area contributed by atoms with E-state index in [0.717, 1.165) is 54.2 Å². The molecule has 0 atom stereocenters. The number of aliphatic hydroxyl groups excluding tert-OH is 1. The van der Waals surface area contributed by atoms with Gasteiger partial charge in [-0.1, -0.05) is 141 Å². The SMILES string of the molecule is CC(=O)/C=C(/C)O.O=C(O)c1ccnc(-c2[c-]c3ccccc3c3ccccc23)c1.O=C(O)c1ccnc(-c2[c-]c3ccccc3c3ccccc23)c1.[Ir]. The average molecular weight is 889 g/mol. The number of carbonyl (C=O) groups is 3. The molecule has 0 bridgehead atoms. The predicted octanol–water partition coefficient (Wildman–Crippen LogP) is 10.1. The molecule has 3 N–H and O–H groups in total. The summed E-state index contributed by atoms with van der Waals surface area (Å²) in [5.74, 6) is -1.98. The molecule has 8 aromatic rings. The zero-order chi connectivity index (χ0) is 37.5. The summed E-state index contributed by atoms with van der Waals surface area (Å²) in [7, 11) is 0. The zero-order valence-corrected chi connectivity index (χ0v) is 31.5. The second kappa shape index (κ2) is 17.3. The van der Waals surface area contributed by atoms with Gasteiger partial charge in [-0.05, 0) is 26.0 Å². The van der Waals surface area contributed by atoms with Gasteiger partial charge in [-0.3, -0.25) is 14.8 Å². The number of nitrogens with zero attached hydrogens (tertiary/aromatic N) is 2. The smallest absolute Gasteiger partial charge is 0.335 e. The van der Waals surface area contributed by atoms with Crippen molar-refractivity contribution >= 4 is 60.8 Å². The van der Waals surface area contributed by atoms with E-state index < -0.39 is 11.9 Å². The Morgan fingerprint density at radius 3 is 1.20 bits per heavy atom. The molecule has 0 aliphatic rings. The van der Waals surface area contributed by atoms with Gasteiger partial charge >= 0.3 is 11.9 Å². The Hall–Kier alpha value is -6.54. The van der Waals surface area contributed by atoms with Gasteiger partial charge in [0.25, 0.3) is 0 Å². The largest absolute Gasteiger partial charge is 0.512 e. The summed E-state index contributed by atoms with van der Waals surface area (Å²) in [6.07, 6.45) is 4.22. The molecule has 1 radical (unpaired) electrons. The van der Waals surface area contributed by atoms with Crippen LogP contribution in [0.1, 0.15) is 34.6 Å². The Labute approximate surface area is 324 Å². The predicted molar refractivity (Wildman–Crippen MR) is 208 cm³/mol. The minimum atomic E-state index is -0.959. The normalized spacial score (nSPS) is 10.8. The van der Waals surface area contributed by atoms with E-state index in [1.165, 1.54) is 44.4 Å². The van der Waals surface area contributed by atoms with Gasteiger partial charge in [0.1, 0.15) is 0 Å². The number of hydrogen-bond donors (Lipinski definition) is 3. The topological polar surface area (TPSA) is 138 Å². The molecule has 54 heavy (non-hydrogen) atoms. The van der Waals surface area contributed by atoms with Gasteiger partial charge in [-0.15, -0.1) is 35.0 Å². The number of aromatic nitrogens is 2. The van der Waals surface area contributed by atoms with Crippen LogP contribution >= 0.6 is 0 Å². The Kier molecular flexibility index (Phi) is 12.4. The summed E-state index contributed by atoms with van der Waals surface area (Å²) < 4.78 is 0. The van der Waals surface area contributed by atoms with E-state index in [2.05, 4.69) is 46.4 Å². The van der Waals surface area contributed by atoms with Gasteiger partial charge in [0.05, 0.1) is 16.9 Å². The molecule has 0 unspecified atom stereocenters. The van der Waals surface area contributed by atoms with Crippen molar-refractivity contribution in [2.75, 3.05) is 0 Å². The van der Waals surface area contributed by atoms with Crippen molar-refractivity contribution in [1.82, 2.24) is 9.97 Å². The fraction of sp³-hybridized carbons (Fsp3) is 0.0444. The molecule has 0 fully saturated rings. The second-order valence-electron chi connectivity index (χ2n) is 12.0. The molecule has 8 rings (SSSR count). The molecule has 0 aliphatic heterocycles. The summed E-state index contributed by atoms with van der Waals surface area (Å²) in [6, 6.07) is 45.2. The number of carboxylic acids is 2. The third-order valence-electron chi connectivity index (χ3n) is 8.28. The minimum absolute atomic E-state index is 0. The molecule has 269 valence electrons. The van der Waals surface area contributed by atoms with E-state index in [4.69, 9.17) is 5.11 Å². The number of ketones is 1. The number of aliphatic hydroxyl groups is 1. The summed E-state index contributed by atoms with van der Waals surface area (Å²) in [5, 5.41) is 35.3. The molecule has 8 nitrogen and oxygen atoms in total. The average Bonchev–Trinajstić information content (AvgIpc) is 3.17. The Balaban J connectivity index is 0.000000174. The Morgan fingerprint density at radius 2 is 0.870 bits per heavy atom. The van der Waals surface area contributed by atoms with Crippen molar-refractivity contribution in [2.45, 2.75) is 13.8 Å². The summed E-state index contributed by atoms with van der Waals surface area (Å²) >= 11 is 0. The van der Waals surface area contributed by atoms with Crippen LogP contribution in [0, 0.1) is 12.1 Å². The van der Waals surface area contributed by atoms with Crippen LogP contribution in [0.15, 0.2) is 146 Å². The number of pyridine rings is 2. The molecule has 2 aromatic heterocycles. The van der Waals surface area contributed by atoms with Crippen LogP contribution < -0.4 is 0 Å². The number of hydrogen-bond acceptors (Lipinski definition) is 6. The molecular weight excluding hydrogens is 857 g/mol. The van der Waals surface area contributed by atoms with Crippen LogP contribution in [0.5, 0.6) is 0 Å². The van der Waals surface area contributed by atoms with Gasteiger partial charge in [0.2, 0.25) is 0 Å².